The van der Waals surface area contributed by atoms with Gasteiger partial charge in [-0.2, -0.15) is 0 Å². The number of hydrogen-bond acceptors (Lipinski definition) is 5. The van der Waals surface area contributed by atoms with E-state index < -0.39 is 11.5 Å². The molecule has 1 amide bonds. The molecule has 1 aliphatic rings. The first-order chi connectivity index (χ1) is 12.2. The number of benzene rings is 1. The Balaban J connectivity index is 1.48. The fourth-order valence-electron chi connectivity index (χ4n) is 3.35. The van der Waals surface area contributed by atoms with Crippen LogP contribution in [0.15, 0.2) is 39.5 Å². The predicted octanol–water partition coefficient (Wildman–Crippen LogP) is 1.76. The van der Waals surface area contributed by atoms with Gasteiger partial charge in [-0.05, 0) is 50.9 Å². The summed E-state index contributed by atoms with van der Waals surface area (Å²) in [5, 5.41) is 12.8. The number of carbonyl (C=O) groups is 1. The van der Waals surface area contributed by atoms with E-state index in [1.54, 1.807) is 18.2 Å². The number of aliphatic hydroxyl groups is 1. The molecule has 3 rings (SSSR count). The molecule has 2 N–H and O–H groups in total. The van der Waals surface area contributed by atoms with Crippen LogP contribution in [0, 0.1) is 0 Å². The number of aliphatic hydroxyl groups excluding tert-OH is 1. The van der Waals surface area contributed by atoms with Crippen molar-refractivity contribution in [2.75, 3.05) is 26.2 Å². The average molecular weight is 344 g/mol. The van der Waals surface area contributed by atoms with Gasteiger partial charge in [0.05, 0.1) is 6.61 Å². The number of nitrogens with zero attached hydrogens (tertiary/aromatic N) is 1. The number of fused-ring (bicyclic) bond motifs is 1. The summed E-state index contributed by atoms with van der Waals surface area (Å²) < 4.78 is 5.19. The van der Waals surface area contributed by atoms with E-state index in [0.29, 0.717) is 12.1 Å². The van der Waals surface area contributed by atoms with Gasteiger partial charge in [-0.3, -0.25) is 9.69 Å². The lowest BCUT2D eigenvalue weighted by atomic mass is 10.1. The fourth-order valence-corrected chi connectivity index (χ4v) is 3.35. The van der Waals surface area contributed by atoms with Gasteiger partial charge in [0.1, 0.15) is 11.1 Å². The van der Waals surface area contributed by atoms with Crippen LogP contribution < -0.4 is 10.9 Å². The molecular formula is C19H24N2O4. The summed E-state index contributed by atoms with van der Waals surface area (Å²) in [4.78, 5) is 26.5. The second-order valence-electron chi connectivity index (χ2n) is 6.46. The molecule has 2 aromatic rings. The van der Waals surface area contributed by atoms with Gasteiger partial charge in [-0.25, -0.2) is 4.79 Å². The van der Waals surface area contributed by atoms with Crippen molar-refractivity contribution in [2.24, 2.45) is 0 Å². The van der Waals surface area contributed by atoms with Gasteiger partial charge >= 0.3 is 5.63 Å². The van der Waals surface area contributed by atoms with E-state index >= 15 is 0 Å². The fraction of sp³-hybridized carbons (Fsp3) is 0.474. The Hall–Kier alpha value is -2.18. The smallest absolute Gasteiger partial charge is 0.349 e. The molecular weight excluding hydrogens is 320 g/mol. The molecule has 0 spiro atoms. The van der Waals surface area contributed by atoms with Gasteiger partial charge in [0, 0.05) is 18.0 Å². The summed E-state index contributed by atoms with van der Waals surface area (Å²) in [7, 11) is 0. The topological polar surface area (TPSA) is 82.8 Å². The Kier molecular flexibility index (Phi) is 5.83. The number of nitrogens with one attached hydrogen (secondary N) is 1. The summed E-state index contributed by atoms with van der Waals surface area (Å²) in [6.45, 7) is 2.70. The zero-order chi connectivity index (χ0) is 17.6. The average Bonchev–Trinajstić information content (AvgIpc) is 3.08. The Morgan fingerprint density at radius 3 is 3.00 bits per heavy atom. The lowest BCUT2D eigenvalue weighted by molar-refractivity contribution is 0.0948. The molecule has 1 unspecified atom stereocenters. The van der Waals surface area contributed by atoms with E-state index in [-0.39, 0.29) is 18.2 Å². The second kappa shape index (κ2) is 8.27. The van der Waals surface area contributed by atoms with Crippen LogP contribution in [-0.2, 0) is 0 Å². The van der Waals surface area contributed by atoms with Crippen molar-refractivity contribution in [2.45, 2.75) is 31.7 Å². The highest BCUT2D eigenvalue weighted by Gasteiger charge is 2.22. The van der Waals surface area contributed by atoms with Crippen molar-refractivity contribution < 1.29 is 14.3 Å². The number of unbranched alkanes of at least 4 members (excludes halogenated alkanes) is 1. The molecule has 6 heteroatoms. The molecule has 1 aliphatic heterocycles. The third-order valence-corrected chi connectivity index (χ3v) is 4.75. The van der Waals surface area contributed by atoms with E-state index in [4.69, 9.17) is 4.42 Å². The van der Waals surface area contributed by atoms with Crippen molar-refractivity contribution >= 4 is 16.9 Å². The zero-order valence-corrected chi connectivity index (χ0v) is 14.2. The molecule has 25 heavy (non-hydrogen) atoms. The maximum Gasteiger partial charge on any atom is 0.349 e. The Morgan fingerprint density at radius 1 is 1.32 bits per heavy atom. The SMILES string of the molecule is O=C(NCCCCN1CCCC1CO)c1cc2ccccc2oc1=O. The largest absolute Gasteiger partial charge is 0.422 e. The number of likely N-dealkylation sites (tertiary alicyclic amines) is 1. The van der Waals surface area contributed by atoms with E-state index in [1.807, 2.05) is 12.1 Å². The molecule has 1 aromatic heterocycles. The lowest BCUT2D eigenvalue weighted by Gasteiger charge is -2.22. The normalized spacial score (nSPS) is 17.9. The molecule has 2 heterocycles. The van der Waals surface area contributed by atoms with Crippen molar-refractivity contribution in [3.05, 3.63) is 46.3 Å². The van der Waals surface area contributed by atoms with Crippen molar-refractivity contribution in [3.8, 4) is 0 Å². The van der Waals surface area contributed by atoms with Crippen molar-refractivity contribution in [3.63, 3.8) is 0 Å². The number of hydrogen-bond donors (Lipinski definition) is 2. The second-order valence-corrected chi connectivity index (χ2v) is 6.46. The first kappa shape index (κ1) is 17.6. The minimum Gasteiger partial charge on any atom is -0.422 e. The molecule has 0 bridgehead atoms. The van der Waals surface area contributed by atoms with Crippen LogP contribution in [0.4, 0.5) is 0 Å². The summed E-state index contributed by atoms with van der Waals surface area (Å²) in [6, 6.07) is 9.00. The van der Waals surface area contributed by atoms with Crippen LogP contribution in [0.3, 0.4) is 0 Å². The van der Waals surface area contributed by atoms with Crippen LogP contribution in [0.25, 0.3) is 11.0 Å². The molecule has 1 aromatic carbocycles. The first-order valence-electron chi connectivity index (χ1n) is 8.85. The van der Waals surface area contributed by atoms with Gasteiger partial charge in [0.25, 0.3) is 5.91 Å². The Morgan fingerprint density at radius 2 is 2.16 bits per heavy atom. The number of para-hydroxylation sites is 1. The van der Waals surface area contributed by atoms with E-state index in [1.165, 1.54) is 0 Å². The standard InChI is InChI=1S/C19H24N2O4/c22-13-15-7-5-11-21(15)10-4-3-9-20-18(23)16-12-14-6-1-2-8-17(14)25-19(16)24/h1-2,6,8,12,15,22H,3-5,7,9-11,13H2,(H,20,23). The third-order valence-electron chi connectivity index (χ3n) is 4.75. The maximum atomic E-state index is 12.2. The molecule has 0 radical (unpaired) electrons. The first-order valence-corrected chi connectivity index (χ1v) is 8.85. The highest BCUT2D eigenvalue weighted by molar-refractivity contribution is 5.96. The van der Waals surface area contributed by atoms with E-state index in [2.05, 4.69) is 10.2 Å². The van der Waals surface area contributed by atoms with Crippen molar-refractivity contribution in [1.82, 2.24) is 10.2 Å². The molecule has 1 fully saturated rings. The summed E-state index contributed by atoms with van der Waals surface area (Å²) in [5.41, 5.74) is -0.0919. The minimum absolute atomic E-state index is 0.0404. The third kappa shape index (κ3) is 4.27. The molecule has 0 aliphatic carbocycles. The van der Waals surface area contributed by atoms with Crippen molar-refractivity contribution in [1.29, 1.82) is 0 Å². The van der Waals surface area contributed by atoms with Crippen LogP contribution >= 0.6 is 0 Å². The highest BCUT2D eigenvalue weighted by Crippen LogP contribution is 2.17. The Bertz CT molecular complexity index is 786. The number of carbonyl (C=O) groups excluding carboxylic acids is 1. The van der Waals surface area contributed by atoms with Gasteiger partial charge in [0.2, 0.25) is 0 Å². The monoisotopic (exact) mass is 344 g/mol. The van der Waals surface area contributed by atoms with Crippen LogP contribution in [0.5, 0.6) is 0 Å². The van der Waals surface area contributed by atoms with Crippen LogP contribution in [-0.4, -0.2) is 48.2 Å². The van der Waals surface area contributed by atoms with Gasteiger partial charge in [-0.1, -0.05) is 18.2 Å². The summed E-state index contributed by atoms with van der Waals surface area (Å²) in [5.74, 6) is -0.395. The molecule has 0 saturated carbocycles. The number of amides is 1. The zero-order valence-electron chi connectivity index (χ0n) is 14.2. The maximum absolute atomic E-state index is 12.2. The molecule has 1 atom stereocenters. The summed E-state index contributed by atoms with van der Waals surface area (Å²) >= 11 is 0. The van der Waals surface area contributed by atoms with E-state index in [0.717, 1.165) is 44.2 Å². The van der Waals surface area contributed by atoms with E-state index in [9.17, 15) is 14.7 Å². The minimum atomic E-state index is -0.612. The predicted molar refractivity (Wildman–Crippen MR) is 95.7 cm³/mol. The lowest BCUT2D eigenvalue weighted by Crippen LogP contribution is -2.33. The van der Waals surface area contributed by atoms with Gasteiger partial charge < -0.3 is 14.8 Å². The van der Waals surface area contributed by atoms with Gasteiger partial charge in [-0.15, -0.1) is 0 Å². The summed E-state index contributed by atoms with van der Waals surface area (Å²) in [6.07, 6.45) is 3.98. The van der Waals surface area contributed by atoms with Gasteiger partial charge in [0.15, 0.2) is 0 Å². The van der Waals surface area contributed by atoms with Crippen LogP contribution in [0.1, 0.15) is 36.0 Å². The highest BCUT2D eigenvalue weighted by atomic mass is 16.4. The van der Waals surface area contributed by atoms with Crippen LogP contribution in [0.2, 0.25) is 0 Å². The molecule has 134 valence electrons. The Labute approximate surface area is 146 Å². The molecule has 6 nitrogen and oxygen atoms in total. The number of rotatable bonds is 7. The quantitative estimate of drug-likeness (QED) is 0.591. The molecule has 1 saturated heterocycles.